The Hall–Kier alpha value is -4.58. The van der Waals surface area contributed by atoms with Crippen LogP contribution in [0.25, 0.3) is 76.3 Å². The van der Waals surface area contributed by atoms with E-state index in [0.717, 1.165) is 44.0 Å². The quantitative estimate of drug-likeness (QED) is 0.224. The molecule has 0 atom stereocenters. The van der Waals surface area contributed by atoms with Gasteiger partial charge in [-0.05, 0) is 30.3 Å². The third-order valence-corrected chi connectivity index (χ3v) is 8.56. The predicted molar refractivity (Wildman–Crippen MR) is 161 cm³/mol. The molecule has 0 aliphatic heterocycles. The zero-order valence-corrected chi connectivity index (χ0v) is 22.0. The van der Waals surface area contributed by atoms with Crippen LogP contribution in [0.15, 0.2) is 114 Å². The van der Waals surface area contributed by atoms with Gasteiger partial charge in [0, 0.05) is 47.6 Å². The van der Waals surface area contributed by atoms with Gasteiger partial charge in [-0.2, -0.15) is 0 Å². The molecule has 0 spiro atoms. The van der Waals surface area contributed by atoms with Crippen molar-refractivity contribution >= 4 is 65.0 Å². The summed E-state index contributed by atoms with van der Waals surface area (Å²) in [5, 5.41) is 4.73. The first-order valence-electron chi connectivity index (χ1n) is 12.6. The van der Waals surface area contributed by atoms with Crippen molar-refractivity contribution in [3.8, 4) is 34.2 Å². The molecule has 6 heteroatoms. The lowest BCUT2D eigenvalue weighted by Gasteiger charge is -2.10. The first kappa shape index (κ1) is 22.4. The summed E-state index contributed by atoms with van der Waals surface area (Å²) < 4.78 is 8.48. The molecule has 184 valence electrons. The van der Waals surface area contributed by atoms with Gasteiger partial charge < -0.3 is 4.42 Å². The number of aromatic nitrogens is 3. The van der Waals surface area contributed by atoms with Crippen molar-refractivity contribution < 1.29 is 4.42 Å². The van der Waals surface area contributed by atoms with E-state index in [-0.39, 0.29) is 0 Å². The number of para-hydroxylation sites is 1. The van der Waals surface area contributed by atoms with Crippen LogP contribution in [0.1, 0.15) is 0 Å². The minimum Gasteiger partial charge on any atom is -0.456 e. The monoisotopic (exact) mass is 539 g/mol. The summed E-state index contributed by atoms with van der Waals surface area (Å²) in [5.41, 5.74) is 4.15. The molecule has 3 aromatic heterocycles. The molecule has 0 N–H and O–H groups in total. The number of thiophene rings is 1. The highest BCUT2D eigenvalue weighted by molar-refractivity contribution is 7.25. The van der Waals surface area contributed by atoms with E-state index in [2.05, 4.69) is 42.5 Å². The number of benzene rings is 5. The van der Waals surface area contributed by atoms with E-state index in [1.54, 1.807) is 11.3 Å². The highest BCUT2D eigenvalue weighted by Crippen LogP contribution is 2.42. The molecule has 0 saturated heterocycles. The molecule has 0 bridgehead atoms. The average molecular weight is 540 g/mol. The molecule has 3 heterocycles. The summed E-state index contributed by atoms with van der Waals surface area (Å²) in [6, 6.07) is 36.5. The van der Waals surface area contributed by atoms with Crippen LogP contribution in [0.3, 0.4) is 0 Å². The number of furan rings is 1. The zero-order valence-electron chi connectivity index (χ0n) is 20.4. The molecule has 8 aromatic rings. The Balaban J connectivity index is 1.43. The maximum atomic E-state index is 7.09. The minimum absolute atomic E-state index is 0.521. The second-order valence-electron chi connectivity index (χ2n) is 9.35. The minimum atomic E-state index is 0.521. The molecule has 5 aromatic carbocycles. The van der Waals surface area contributed by atoms with Crippen LogP contribution in [-0.2, 0) is 0 Å². The molecule has 0 fully saturated rings. The fraction of sp³-hybridized carbons (Fsp3) is 0. The summed E-state index contributed by atoms with van der Waals surface area (Å²) in [7, 11) is 0. The number of nitrogens with zero attached hydrogens (tertiary/aromatic N) is 3. The Morgan fingerprint density at radius 2 is 1.21 bits per heavy atom. The summed E-state index contributed by atoms with van der Waals surface area (Å²) >= 11 is 8.87. The lowest BCUT2D eigenvalue weighted by molar-refractivity contribution is 0.669. The van der Waals surface area contributed by atoms with Crippen molar-refractivity contribution in [1.29, 1.82) is 0 Å². The smallest absolute Gasteiger partial charge is 0.165 e. The van der Waals surface area contributed by atoms with E-state index in [1.807, 2.05) is 66.7 Å². The molecule has 8 rings (SSSR count). The van der Waals surface area contributed by atoms with E-state index in [9.17, 15) is 0 Å². The van der Waals surface area contributed by atoms with Crippen LogP contribution in [0.2, 0.25) is 5.02 Å². The highest BCUT2D eigenvalue weighted by atomic mass is 35.5. The third kappa shape index (κ3) is 3.55. The molecular weight excluding hydrogens is 522 g/mol. The number of hydrogen-bond acceptors (Lipinski definition) is 5. The molecular formula is C33H18ClN3OS. The van der Waals surface area contributed by atoms with Gasteiger partial charge in [-0.1, -0.05) is 90.5 Å². The summed E-state index contributed by atoms with van der Waals surface area (Å²) in [6.45, 7) is 0. The molecule has 39 heavy (non-hydrogen) atoms. The third-order valence-electron chi connectivity index (χ3n) is 7.03. The van der Waals surface area contributed by atoms with Gasteiger partial charge in [-0.3, -0.25) is 0 Å². The van der Waals surface area contributed by atoms with Crippen LogP contribution in [-0.4, -0.2) is 15.0 Å². The lowest BCUT2D eigenvalue weighted by atomic mass is 10.1. The maximum absolute atomic E-state index is 7.09. The maximum Gasteiger partial charge on any atom is 0.165 e. The molecule has 4 nitrogen and oxygen atoms in total. The fourth-order valence-electron chi connectivity index (χ4n) is 5.24. The largest absolute Gasteiger partial charge is 0.456 e. The van der Waals surface area contributed by atoms with E-state index >= 15 is 0 Å². The number of rotatable bonds is 3. The topological polar surface area (TPSA) is 51.8 Å². The molecule has 0 aliphatic carbocycles. The molecule has 0 amide bonds. The summed E-state index contributed by atoms with van der Waals surface area (Å²) in [5.74, 6) is 1.73. The van der Waals surface area contributed by atoms with Gasteiger partial charge in [-0.25, -0.2) is 15.0 Å². The molecule has 0 aliphatic rings. The second-order valence-corrected chi connectivity index (χ2v) is 10.8. The van der Waals surface area contributed by atoms with Crippen molar-refractivity contribution in [2.24, 2.45) is 0 Å². The Morgan fingerprint density at radius 1 is 0.513 bits per heavy atom. The van der Waals surface area contributed by atoms with Crippen LogP contribution in [0.5, 0.6) is 0 Å². The second kappa shape index (κ2) is 8.73. The van der Waals surface area contributed by atoms with Crippen molar-refractivity contribution in [2.45, 2.75) is 0 Å². The van der Waals surface area contributed by atoms with Crippen LogP contribution in [0, 0.1) is 0 Å². The standard InChI is InChI=1S/C33H18ClN3OS/c34-30-23(17-18-25-29(30)20-11-4-6-14-24(20)38-25)33-36-31(19-9-2-1-3-10-19)35-32(37-33)22-13-8-16-27-28(22)21-12-5-7-15-26(21)39-27/h1-18H. The Kier molecular flexibility index (Phi) is 5.02. The Bertz CT molecular complexity index is 2200. The highest BCUT2D eigenvalue weighted by Gasteiger charge is 2.20. The van der Waals surface area contributed by atoms with E-state index < -0.39 is 0 Å². The Morgan fingerprint density at radius 3 is 2.08 bits per heavy atom. The van der Waals surface area contributed by atoms with E-state index in [0.29, 0.717) is 22.5 Å². The lowest BCUT2D eigenvalue weighted by Crippen LogP contribution is -2.00. The predicted octanol–water partition coefficient (Wildman–Crippen LogP) is 9.79. The SMILES string of the molecule is Clc1c(-c2nc(-c3ccccc3)nc(-c3cccc4sc5ccccc5c34)n2)ccc2oc3ccccc3c12. The van der Waals surface area contributed by atoms with Crippen LogP contribution in [0.4, 0.5) is 0 Å². The summed E-state index contributed by atoms with van der Waals surface area (Å²) in [6.07, 6.45) is 0. The van der Waals surface area contributed by atoms with Gasteiger partial charge in [0.2, 0.25) is 0 Å². The van der Waals surface area contributed by atoms with Gasteiger partial charge in [-0.15, -0.1) is 11.3 Å². The Labute approximate surface area is 232 Å². The van der Waals surface area contributed by atoms with Crippen molar-refractivity contribution in [1.82, 2.24) is 15.0 Å². The van der Waals surface area contributed by atoms with Crippen LogP contribution < -0.4 is 0 Å². The van der Waals surface area contributed by atoms with E-state index in [1.165, 1.54) is 14.8 Å². The number of hydrogen-bond donors (Lipinski definition) is 0. The first-order chi connectivity index (χ1) is 19.2. The van der Waals surface area contributed by atoms with Crippen molar-refractivity contribution in [3.63, 3.8) is 0 Å². The van der Waals surface area contributed by atoms with Gasteiger partial charge in [0.15, 0.2) is 17.5 Å². The fourth-order valence-corrected chi connectivity index (χ4v) is 6.72. The van der Waals surface area contributed by atoms with Gasteiger partial charge >= 0.3 is 0 Å². The molecule has 0 unspecified atom stereocenters. The normalized spacial score (nSPS) is 11.7. The van der Waals surface area contributed by atoms with Crippen molar-refractivity contribution in [2.75, 3.05) is 0 Å². The average Bonchev–Trinajstić information content (AvgIpc) is 3.56. The molecule has 0 radical (unpaired) electrons. The number of halogens is 1. The zero-order chi connectivity index (χ0) is 25.9. The first-order valence-corrected chi connectivity index (χ1v) is 13.8. The van der Waals surface area contributed by atoms with Crippen molar-refractivity contribution in [3.05, 3.63) is 114 Å². The van der Waals surface area contributed by atoms with Gasteiger partial charge in [0.1, 0.15) is 11.2 Å². The summed E-state index contributed by atoms with van der Waals surface area (Å²) in [4.78, 5) is 15.0. The van der Waals surface area contributed by atoms with E-state index in [4.69, 9.17) is 31.0 Å². The van der Waals surface area contributed by atoms with Crippen LogP contribution >= 0.6 is 22.9 Å². The van der Waals surface area contributed by atoms with Gasteiger partial charge in [0.05, 0.1) is 5.02 Å². The van der Waals surface area contributed by atoms with Gasteiger partial charge in [0.25, 0.3) is 0 Å². The molecule has 0 saturated carbocycles. The number of fused-ring (bicyclic) bond motifs is 6.